The van der Waals surface area contributed by atoms with E-state index in [4.69, 9.17) is 0 Å². The van der Waals surface area contributed by atoms with E-state index in [0.29, 0.717) is 0 Å². The minimum absolute atomic E-state index is 0.0975. The van der Waals surface area contributed by atoms with Crippen LogP contribution in [0.1, 0.15) is 52.7 Å². The number of rotatable bonds is 13. The fourth-order valence-electron chi connectivity index (χ4n) is 19.4. The van der Waals surface area contributed by atoms with Crippen molar-refractivity contribution in [2.24, 2.45) is 0 Å². The van der Waals surface area contributed by atoms with E-state index in [1.165, 1.54) is 76.2 Å². The van der Waals surface area contributed by atoms with Crippen LogP contribution in [0.25, 0.3) is 138 Å². The average molecular weight is 1520 g/mol. The smallest absolute Gasteiger partial charge is 0.252 e. The first-order valence-corrected chi connectivity index (χ1v) is 41.7. The van der Waals surface area contributed by atoms with Crippen LogP contribution >= 0.6 is 0 Å². The van der Waals surface area contributed by atoms with Gasteiger partial charge in [-0.05, 0) is 205 Å². The number of fused-ring (bicyclic) bond motifs is 7. The number of hydrogen-bond acceptors (Lipinski definition) is 3. The highest BCUT2D eigenvalue weighted by molar-refractivity contribution is 7.00. The van der Waals surface area contributed by atoms with Crippen molar-refractivity contribution in [2.75, 3.05) is 14.7 Å². The molecule has 0 N–H and O–H groups in total. The van der Waals surface area contributed by atoms with E-state index in [2.05, 4.69) is 467 Å². The standard InChI is InChI=1S/C114H85BN4/c1-113(2,3)86-65-83-51-52-84-66-87(114(4,5)6)70-99-98(68-85(67-86)108(83)109(84)99)82-57-63-100-104(69-82)118(111-92(78-35-17-9-18-36-78)45-29-46-93(111)79-37-19-10-20-38-79)106-72-91(116(88-58-53-76(54-59-88)74-31-13-7-14-32-74)89-60-55-77(56-61-89)75-33-15-8-16-34-75)73-107-110(106)115(100)101-64-62-90(117-102-49-27-25-43-96(102)97-44-26-28-50-103(97)117)71-105(101)119(107)112-94(80-39-21-11-22-40-80)47-30-48-95(112)81-41-23-12-24-42-81/h7-73H,1-6H3. The highest BCUT2D eigenvalue weighted by Crippen LogP contribution is 2.56. The van der Waals surface area contributed by atoms with Crippen LogP contribution in [0.5, 0.6) is 0 Å². The van der Waals surface area contributed by atoms with Crippen molar-refractivity contribution < 1.29 is 0 Å². The normalized spacial score (nSPS) is 12.6. The molecule has 2 aliphatic rings. The first kappa shape index (κ1) is 71.1. The third-order valence-electron chi connectivity index (χ3n) is 25.2. The number of para-hydroxylation sites is 4. The maximum absolute atomic E-state index is 2.73. The van der Waals surface area contributed by atoms with E-state index in [-0.39, 0.29) is 17.5 Å². The molecule has 0 bridgehead atoms. The molecule has 564 valence electrons. The molecular weight excluding hydrogens is 1440 g/mol. The number of hydrogen-bond donors (Lipinski definition) is 0. The van der Waals surface area contributed by atoms with Crippen molar-refractivity contribution in [2.45, 2.75) is 52.4 Å². The van der Waals surface area contributed by atoms with E-state index in [0.717, 1.165) is 140 Å². The van der Waals surface area contributed by atoms with Crippen molar-refractivity contribution in [3.05, 3.63) is 418 Å². The number of benzene rings is 19. The van der Waals surface area contributed by atoms with E-state index in [1.807, 2.05) is 0 Å². The Morgan fingerprint density at radius 1 is 0.244 bits per heavy atom. The molecule has 119 heavy (non-hydrogen) atoms. The monoisotopic (exact) mass is 1520 g/mol. The molecule has 0 spiro atoms. The summed E-state index contributed by atoms with van der Waals surface area (Å²) in [5.74, 6) is 0. The molecule has 0 unspecified atom stereocenters. The van der Waals surface area contributed by atoms with Gasteiger partial charge in [0.2, 0.25) is 0 Å². The van der Waals surface area contributed by atoms with E-state index >= 15 is 0 Å². The molecule has 0 atom stereocenters. The fraction of sp³-hybridized carbons (Fsp3) is 0.0702. The van der Waals surface area contributed by atoms with Crippen LogP contribution in [0.4, 0.5) is 51.2 Å². The highest BCUT2D eigenvalue weighted by atomic mass is 15.2. The second-order valence-electron chi connectivity index (χ2n) is 34.3. The third kappa shape index (κ3) is 12.0. The largest absolute Gasteiger partial charge is 0.310 e. The first-order chi connectivity index (χ1) is 58.3. The molecule has 0 radical (unpaired) electrons. The summed E-state index contributed by atoms with van der Waals surface area (Å²) in [7, 11) is 0. The van der Waals surface area contributed by atoms with Gasteiger partial charge in [-0.15, -0.1) is 0 Å². The topological polar surface area (TPSA) is 14.7 Å². The zero-order valence-corrected chi connectivity index (χ0v) is 67.5. The lowest BCUT2D eigenvalue weighted by Crippen LogP contribution is -2.61. The zero-order valence-electron chi connectivity index (χ0n) is 67.5. The predicted octanol–water partition coefficient (Wildman–Crippen LogP) is 29.5. The van der Waals surface area contributed by atoms with Crippen molar-refractivity contribution in [3.8, 4) is 83.6 Å². The Balaban J connectivity index is 0.923. The molecule has 0 saturated carbocycles. The lowest BCUT2D eigenvalue weighted by Gasteiger charge is -2.46. The second kappa shape index (κ2) is 28.2. The summed E-state index contributed by atoms with van der Waals surface area (Å²) in [5.41, 5.74) is 34.7. The lowest BCUT2D eigenvalue weighted by molar-refractivity contribution is 0.591. The Hall–Kier alpha value is -14.5. The SMILES string of the molecule is CC(C)(C)c1cc2ccc3cc(C(C)(C)C)cc4c(-c5ccc6c(c5)N(c5c(-c7ccccc7)cccc5-c5ccccc5)c5cc(N(c7ccc(-c8ccccc8)cc7)c7ccc(-c8ccccc8)cc7)cc7c5B6c5ccc(-n6c8ccccc8c8ccccc86)cc5N7c5c(-c6ccccc6)cccc5-c5ccccc5)cc(c1)c2c34. The molecule has 5 heteroatoms. The van der Waals surface area contributed by atoms with Crippen LogP contribution < -0.4 is 31.1 Å². The summed E-state index contributed by atoms with van der Waals surface area (Å²) in [6.07, 6.45) is 0. The molecule has 4 nitrogen and oxygen atoms in total. The highest BCUT2D eigenvalue weighted by Gasteiger charge is 2.46. The molecular formula is C114H85BN4. The molecule has 19 aromatic carbocycles. The predicted molar refractivity (Wildman–Crippen MR) is 509 cm³/mol. The molecule has 0 saturated heterocycles. The van der Waals surface area contributed by atoms with Crippen molar-refractivity contribution in [3.63, 3.8) is 0 Å². The van der Waals surface area contributed by atoms with Crippen molar-refractivity contribution >= 4 is 128 Å². The Labute approximate surface area is 696 Å². The van der Waals surface area contributed by atoms with Crippen LogP contribution in [0, 0.1) is 0 Å². The molecule has 2 aliphatic heterocycles. The van der Waals surface area contributed by atoms with Gasteiger partial charge in [-0.25, -0.2) is 0 Å². The quantitative estimate of drug-likeness (QED) is 0.0845. The number of aromatic nitrogens is 1. The van der Waals surface area contributed by atoms with Gasteiger partial charge in [0.25, 0.3) is 6.71 Å². The molecule has 22 rings (SSSR count). The summed E-state index contributed by atoms with van der Waals surface area (Å²) in [6, 6.07) is 154. The second-order valence-corrected chi connectivity index (χ2v) is 34.3. The average Bonchev–Trinajstić information content (AvgIpc) is 0.724. The van der Waals surface area contributed by atoms with E-state index in [9.17, 15) is 0 Å². The Kier molecular flexibility index (Phi) is 16.8. The molecule has 1 aromatic heterocycles. The Morgan fingerprint density at radius 3 is 1.06 bits per heavy atom. The third-order valence-corrected chi connectivity index (χ3v) is 25.2. The van der Waals surface area contributed by atoms with Gasteiger partial charge in [0, 0.05) is 72.8 Å². The van der Waals surface area contributed by atoms with Gasteiger partial charge in [-0.3, -0.25) is 0 Å². The summed E-state index contributed by atoms with van der Waals surface area (Å²) >= 11 is 0. The molecule has 3 heterocycles. The molecule has 0 amide bonds. The Bertz CT molecular complexity index is 7080. The minimum atomic E-state index is -0.329. The van der Waals surface area contributed by atoms with Crippen molar-refractivity contribution in [1.82, 2.24) is 4.57 Å². The van der Waals surface area contributed by atoms with Crippen LogP contribution in [-0.4, -0.2) is 11.3 Å². The van der Waals surface area contributed by atoms with Crippen LogP contribution in [0.15, 0.2) is 406 Å². The lowest BCUT2D eigenvalue weighted by atomic mass is 9.33. The number of nitrogens with zero attached hydrogens (tertiary/aromatic N) is 4. The summed E-state index contributed by atoms with van der Waals surface area (Å²) in [6.45, 7) is 13.8. The van der Waals surface area contributed by atoms with Gasteiger partial charge in [-0.2, -0.15) is 0 Å². The fourth-order valence-corrected chi connectivity index (χ4v) is 19.4. The van der Waals surface area contributed by atoms with E-state index in [1.54, 1.807) is 0 Å². The van der Waals surface area contributed by atoms with Gasteiger partial charge in [-0.1, -0.05) is 369 Å². The number of anilines is 9. The maximum Gasteiger partial charge on any atom is 0.252 e. The minimum Gasteiger partial charge on any atom is -0.310 e. The zero-order chi connectivity index (χ0) is 79.8. The van der Waals surface area contributed by atoms with Gasteiger partial charge >= 0.3 is 0 Å². The van der Waals surface area contributed by atoms with Gasteiger partial charge in [0.05, 0.1) is 28.1 Å². The van der Waals surface area contributed by atoms with Crippen LogP contribution in [0.2, 0.25) is 0 Å². The Morgan fingerprint density at radius 2 is 0.613 bits per heavy atom. The molecule has 0 fully saturated rings. The van der Waals surface area contributed by atoms with Gasteiger partial charge in [0.15, 0.2) is 0 Å². The van der Waals surface area contributed by atoms with Crippen LogP contribution in [0.3, 0.4) is 0 Å². The summed E-state index contributed by atoms with van der Waals surface area (Å²) in [4.78, 5) is 7.95. The van der Waals surface area contributed by atoms with E-state index < -0.39 is 0 Å². The maximum atomic E-state index is 2.73. The van der Waals surface area contributed by atoms with Crippen LogP contribution in [-0.2, 0) is 10.8 Å². The first-order valence-electron chi connectivity index (χ1n) is 41.7. The van der Waals surface area contributed by atoms with Gasteiger partial charge < -0.3 is 19.3 Å². The molecule has 0 aliphatic carbocycles. The summed E-state index contributed by atoms with van der Waals surface area (Å²) in [5, 5.41) is 10.1. The van der Waals surface area contributed by atoms with Crippen molar-refractivity contribution in [1.29, 1.82) is 0 Å². The molecule has 20 aromatic rings. The summed E-state index contributed by atoms with van der Waals surface area (Å²) < 4.78 is 2.50. The van der Waals surface area contributed by atoms with Gasteiger partial charge in [0.1, 0.15) is 0 Å².